The molecule has 0 saturated heterocycles. The zero-order chi connectivity index (χ0) is 17.6. The number of hydrogen-bond donors (Lipinski definition) is 2. The summed E-state index contributed by atoms with van der Waals surface area (Å²) in [5.74, 6) is 0.855. The highest BCUT2D eigenvalue weighted by Crippen LogP contribution is 2.29. The molecule has 1 saturated carbocycles. The van der Waals surface area contributed by atoms with Crippen LogP contribution in [0.3, 0.4) is 0 Å². The van der Waals surface area contributed by atoms with Gasteiger partial charge in [0.1, 0.15) is 6.67 Å². The fraction of sp³-hybridized carbons (Fsp3) is 0.421. The molecule has 3 rings (SSSR count). The second-order valence-corrected chi connectivity index (χ2v) is 6.50. The monoisotopic (exact) mass is 342 g/mol. The maximum atomic E-state index is 12.1. The van der Waals surface area contributed by atoms with Crippen LogP contribution in [0.1, 0.15) is 25.3 Å². The van der Waals surface area contributed by atoms with Crippen molar-refractivity contribution in [3.05, 3.63) is 42.2 Å². The van der Waals surface area contributed by atoms with Crippen LogP contribution in [0.4, 0.5) is 10.3 Å². The van der Waals surface area contributed by atoms with Crippen LogP contribution in [0, 0.1) is 5.92 Å². The summed E-state index contributed by atoms with van der Waals surface area (Å²) >= 11 is 0. The average molecular weight is 342 g/mol. The van der Waals surface area contributed by atoms with Gasteiger partial charge in [-0.15, -0.1) is 0 Å². The fourth-order valence-corrected chi connectivity index (χ4v) is 2.67. The third-order valence-electron chi connectivity index (χ3n) is 4.20. The van der Waals surface area contributed by atoms with Crippen LogP contribution in [-0.4, -0.2) is 35.1 Å². The highest BCUT2D eigenvalue weighted by atomic mass is 19.1. The van der Waals surface area contributed by atoms with Crippen molar-refractivity contribution in [3.63, 3.8) is 0 Å². The molecule has 0 aliphatic heterocycles. The zero-order valence-corrected chi connectivity index (χ0v) is 14.3. The molecular formula is C19H23FN4O. The molecule has 2 N–H and O–H groups in total. The van der Waals surface area contributed by atoms with Gasteiger partial charge in [-0.3, -0.25) is 4.79 Å². The summed E-state index contributed by atoms with van der Waals surface area (Å²) in [7, 11) is 0. The van der Waals surface area contributed by atoms with Crippen molar-refractivity contribution in [2.24, 2.45) is 5.92 Å². The molecule has 0 spiro atoms. The first kappa shape index (κ1) is 17.3. The molecule has 2 aromatic rings. The summed E-state index contributed by atoms with van der Waals surface area (Å²) in [4.78, 5) is 20.2. The Morgan fingerprint density at radius 1 is 1.20 bits per heavy atom. The molecule has 1 atom stereocenters. The van der Waals surface area contributed by atoms with E-state index in [-0.39, 0.29) is 24.4 Å². The van der Waals surface area contributed by atoms with Gasteiger partial charge >= 0.3 is 0 Å². The van der Waals surface area contributed by atoms with Gasteiger partial charge in [0.15, 0.2) is 0 Å². The van der Waals surface area contributed by atoms with Gasteiger partial charge in [-0.2, -0.15) is 0 Å². The Balaban J connectivity index is 1.56. The van der Waals surface area contributed by atoms with Gasteiger partial charge in [-0.05, 0) is 37.3 Å². The molecule has 1 fully saturated rings. The van der Waals surface area contributed by atoms with E-state index in [0.717, 1.165) is 30.4 Å². The molecule has 1 heterocycles. The first-order chi connectivity index (χ1) is 12.2. The number of carbonyl (C=O) groups is 1. The quantitative estimate of drug-likeness (QED) is 0.774. The van der Waals surface area contributed by atoms with Crippen LogP contribution >= 0.6 is 0 Å². The Labute approximate surface area is 147 Å². The van der Waals surface area contributed by atoms with E-state index in [1.54, 1.807) is 12.4 Å². The van der Waals surface area contributed by atoms with E-state index in [2.05, 4.69) is 32.7 Å². The number of benzene rings is 1. The molecule has 1 amide bonds. The normalized spacial score (nSPS) is 14.8. The van der Waals surface area contributed by atoms with Gasteiger partial charge in [-0.25, -0.2) is 14.4 Å². The number of aromatic nitrogens is 2. The van der Waals surface area contributed by atoms with Crippen LogP contribution in [0.15, 0.2) is 36.7 Å². The Bertz CT molecular complexity index is 698. The molecule has 25 heavy (non-hydrogen) atoms. The predicted octanol–water partition coefficient (Wildman–Crippen LogP) is 2.98. The highest BCUT2D eigenvalue weighted by molar-refractivity contribution is 5.81. The number of nitrogens with zero attached hydrogens (tertiary/aromatic N) is 2. The van der Waals surface area contributed by atoms with Crippen molar-refractivity contribution in [3.8, 4) is 11.1 Å². The number of halogens is 1. The number of alkyl halides is 1. The summed E-state index contributed by atoms with van der Waals surface area (Å²) in [5, 5.41) is 5.87. The number of nitrogens with one attached hydrogen (secondary N) is 2. The van der Waals surface area contributed by atoms with Crippen molar-refractivity contribution in [1.29, 1.82) is 0 Å². The lowest BCUT2D eigenvalue weighted by molar-refractivity contribution is -0.122. The summed E-state index contributed by atoms with van der Waals surface area (Å²) in [6.07, 6.45) is 6.30. The second-order valence-electron chi connectivity index (χ2n) is 6.50. The van der Waals surface area contributed by atoms with E-state index in [0.29, 0.717) is 5.95 Å². The topological polar surface area (TPSA) is 66.9 Å². The van der Waals surface area contributed by atoms with E-state index in [9.17, 15) is 9.18 Å². The molecule has 1 aromatic heterocycles. The highest BCUT2D eigenvalue weighted by Gasteiger charge is 2.30. The summed E-state index contributed by atoms with van der Waals surface area (Å²) in [5.41, 5.74) is 3.11. The lowest BCUT2D eigenvalue weighted by atomic mass is 10.0. The maximum Gasteiger partial charge on any atom is 0.223 e. The molecule has 132 valence electrons. The van der Waals surface area contributed by atoms with Gasteiger partial charge in [0.05, 0.1) is 0 Å². The van der Waals surface area contributed by atoms with E-state index >= 15 is 0 Å². The number of amides is 1. The minimum Gasteiger partial charge on any atom is -0.353 e. The van der Waals surface area contributed by atoms with Crippen molar-refractivity contribution in [2.45, 2.75) is 32.2 Å². The third-order valence-corrected chi connectivity index (χ3v) is 4.20. The molecule has 0 radical (unpaired) electrons. The van der Waals surface area contributed by atoms with Crippen molar-refractivity contribution >= 4 is 11.9 Å². The van der Waals surface area contributed by atoms with Crippen molar-refractivity contribution < 1.29 is 9.18 Å². The maximum absolute atomic E-state index is 12.1. The SMILES string of the molecule is CC(Cc1ccc(-c2cnc(NCCF)nc2)cc1)NC(=O)C1CC1. The third kappa shape index (κ3) is 4.98. The van der Waals surface area contributed by atoms with E-state index in [1.165, 1.54) is 5.56 Å². The van der Waals surface area contributed by atoms with Gasteiger partial charge < -0.3 is 10.6 Å². The van der Waals surface area contributed by atoms with Gasteiger partial charge in [-0.1, -0.05) is 24.3 Å². The van der Waals surface area contributed by atoms with Gasteiger partial charge in [0.25, 0.3) is 0 Å². The Hall–Kier alpha value is -2.50. The largest absolute Gasteiger partial charge is 0.353 e. The first-order valence-electron chi connectivity index (χ1n) is 8.67. The molecule has 1 aliphatic rings. The molecule has 5 nitrogen and oxygen atoms in total. The van der Waals surface area contributed by atoms with E-state index < -0.39 is 6.67 Å². The lowest BCUT2D eigenvalue weighted by Crippen LogP contribution is -2.35. The molecule has 1 aromatic carbocycles. The molecular weight excluding hydrogens is 319 g/mol. The van der Waals surface area contributed by atoms with Crippen molar-refractivity contribution in [2.75, 3.05) is 18.5 Å². The Kier molecular flexibility index (Phi) is 5.58. The van der Waals surface area contributed by atoms with Crippen LogP contribution in [0.2, 0.25) is 0 Å². The molecule has 6 heteroatoms. The van der Waals surface area contributed by atoms with Crippen molar-refractivity contribution in [1.82, 2.24) is 15.3 Å². The minimum absolute atomic E-state index is 0.128. The summed E-state index contributed by atoms with van der Waals surface area (Å²) in [6.45, 7) is 1.79. The van der Waals surface area contributed by atoms with Gasteiger partial charge in [0.2, 0.25) is 11.9 Å². The standard InChI is InChI=1S/C19H23FN4O/c1-13(24-18(25)16-6-7-16)10-14-2-4-15(5-3-14)17-11-22-19(23-12-17)21-9-8-20/h2-5,11-13,16H,6-10H2,1H3,(H,24,25)(H,21,22,23). The zero-order valence-electron chi connectivity index (χ0n) is 14.3. The lowest BCUT2D eigenvalue weighted by Gasteiger charge is -2.14. The average Bonchev–Trinajstić information content (AvgIpc) is 3.46. The fourth-order valence-electron chi connectivity index (χ4n) is 2.67. The molecule has 1 aliphatic carbocycles. The minimum atomic E-state index is -0.452. The Morgan fingerprint density at radius 2 is 1.88 bits per heavy atom. The van der Waals surface area contributed by atoms with Crippen LogP contribution in [-0.2, 0) is 11.2 Å². The number of hydrogen-bond acceptors (Lipinski definition) is 4. The Morgan fingerprint density at radius 3 is 2.48 bits per heavy atom. The number of carbonyl (C=O) groups excluding carboxylic acids is 1. The molecule has 0 bridgehead atoms. The van der Waals surface area contributed by atoms with E-state index in [1.807, 2.05) is 19.1 Å². The molecule has 1 unspecified atom stereocenters. The number of rotatable bonds is 8. The summed E-state index contributed by atoms with van der Waals surface area (Å²) in [6, 6.07) is 8.30. The summed E-state index contributed by atoms with van der Waals surface area (Å²) < 4.78 is 12.1. The second kappa shape index (κ2) is 8.05. The van der Waals surface area contributed by atoms with Crippen LogP contribution < -0.4 is 10.6 Å². The number of anilines is 1. The first-order valence-corrected chi connectivity index (χ1v) is 8.67. The smallest absolute Gasteiger partial charge is 0.223 e. The van der Waals surface area contributed by atoms with Crippen LogP contribution in [0.5, 0.6) is 0 Å². The predicted molar refractivity (Wildman–Crippen MR) is 96.0 cm³/mol. The van der Waals surface area contributed by atoms with Crippen LogP contribution in [0.25, 0.3) is 11.1 Å². The van der Waals surface area contributed by atoms with Gasteiger partial charge in [0, 0.05) is 36.5 Å². The van der Waals surface area contributed by atoms with E-state index in [4.69, 9.17) is 0 Å².